The molecule has 0 amide bonds. The fourth-order valence-corrected chi connectivity index (χ4v) is 1.40. The van der Waals surface area contributed by atoms with Gasteiger partial charge in [0.1, 0.15) is 6.04 Å². The Morgan fingerprint density at radius 1 is 1.22 bits per heavy atom. The molecule has 0 aliphatic heterocycles. The van der Waals surface area contributed by atoms with E-state index in [0.29, 0.717) is 12.0 Å². The second kappa shape index (κ2) is 8.43. The predicted molar refractivity (Wildman–Crippen MR) is 71.4 cm³/mol. The average molecular weight is 259 g/mol. The summed E-state index contributed by atoms with van der Waals surface area (Å²) in [6, 6.07) is 7.61. The van der Waals surface area contributed by atoms with E-state index in [-0.39, 0.29) is 35.5 Å². The zero-order valence-electron chi connectivity index (χ0n) is 10.1. The molecule has 1 aromatic carbocycles. The summed E-state index contributed by atoms with van der Waals surface area (Å²) in [6.45, 7) is 3.90. The number of carbonyl (C=O) groups excluding carboxylic acids is 2. The van der Waals surface area contributed by atoms with Gasteiger partial charge in [0, 0.05) is 0 Å². The van der Waals surface area contributed by atoms with Gasteiger partial charge in [0.25, 0.3) is 0 Å². The van der Waals surface area contributed by atoms with Crippen molar-refractivity contribution in [1.29, 1.82) is 0 Å². The molecule has 1 aromatic rings. The molecule has 0 fully saturated rings. The number of benzene rings is 1. The van der Waals surface area contributed by atoms with Gasteiger partial charge in [-0.2, -0.15) is 0 Å². The molecule has 0 aliphatic rings. The number of nitrogens with two attached hydrogens (primary N) is 1. The molecule has 1 rings (SSSR count). The minimum atomic E-state index is -0.748. The molecule has 1 atom stereocenters. The molecule has 0 spiro atoms. The SMILES string of the molecule is CC(C)C[C@H](N)C(=O)OC(=O)c1ccccc1.[NaH]. The van der Waals surface area contributed by atoms with Crippen LogP contribution in [0.5, 0.6) is 0 Å². The summed E-state index contributed by atoms with van der Waals surface area (Å²) >= 11 is 0. The minimum absolute atomic E-state index is 0. The Labute approximate surface area is 129 Å². The molecule has 0 saturated heterocycles. The maximum atomic E-state index is 11.5. The van der Waals surface area contributed by atoms with Gasteiger partial charge in [0.15, 0.2) is 0 Å². The van der Waals surface area contributed by atoms with Gasteiger partial charge in [0.05, 0.1) is 5.56 Å². The van der Waals surface area contributed by atoms with Gasteiger partial charge in [-0.25, -0.2) is 9.59 Å². The molecule has 4 nitrogen and oxygen atoms in total. The summed E-state index contributed by atoms with van der Waals surface area (Å²) in [7, 11) is 0. The van der Waals surface area contributed by atoms with Crippen molar-refractivity contribution in [2.45, 2.75) is 26.3 Å². The van der Waals surface area contributed by atoms with Gasteiger partial charge in [-0.3, -0.25) is 0 Å². The van der Waals surface area contributed by atoms with Crippen LogP contribution in [-0.4, -0.2) is 47.5 Å². The molecular formula is C13H18NNaO3. The van der Waals surface area contributed by atoms with Gasteiger partial charge < -0.3 is 10.5 Å². The molecule has 18 heavy (non-hydrogen) atoms. The molecule has 0 heterocycles. The number of carbonyl (C=O) groups is 2. The van der Waals surface area contributed by atoms with Crippen LogP contribution in [0, 0.1) is 5.92 Å². The van der Waals surface area contributed by atoms with Crippen LogP contribution >= 0.6 is 0 Å². The summed E-state index contributed by atoms with van der Waals surface area (Å²) in [5.41, 5.74) is 5.96. The Balaban J connectivity index is 0.00000289. The summed E-state index contributed by atoms with van der Waals surface area (Å²) in [4.78, 5) is 23.0. The molecule has 5 heteroatoms. The van der Waals surface area contributed by atoms with E-state index in [2.05, 4.69) is 0 Å². The standard InChI is InChI=1S/C13H17NO3.Na.H/c1-9(2)8-11(14)13(16)17-12(15)10-6-4-3-5-7-10;;/h3-7,9,11H,8,14H2,1-2H3;;/t11-;;/m0../s1. The number of esters is 2. The van der Waals surface area contributed by atoms with Crippen LogP contribution in [0.15, 0.2) is 30.3 Å². The van der Waals surface area contributed by atoms with Crippen LogP contribution in [0.25, 0.3) is 0 Å². The summed E-state index contributed by atoms with van der Waals surface area (Å²) in [5.74, 6) is -1.05. The third kappa shape index (κ3) is 5.78. The molecule has 0 bridgehead atoms. The Morgan fingerprint density at radius 2 is 1.78 bits per heavy atom. The molecule has 0 saturated carbocycles. The summed E-state index contributed by atoms with van der Waals surface area (Å²) in [5, 5.41) is 0. The molecule has 94 valence electrons. The summed E-state index contributed by atoms with van der Waals surface area (Å²) < 4.78 is 4.70. The molecular weight excluding hydrogens is 241 g/mol. The number of hydrogen-bond acceptors (Lipinski definition) is 4. The van der Waals surface area contributed by atoms with Crippen molar-refractivity contribution in [2.75, 3.05) is 0 Å². The van der Waals surface area contributed by atoms with Crippen molar-refractivity contribution >= 4 is 41.5 Å². The Morgan fingerprint density at radius 3 is 2.28 bits per heavy atom. The van der Waals surface area contributed by atoms with Crippen LogP contribution in [0.2, 0.25) is 0 Å². The zero-order chi connectivity index (χ0) is 12.8. The second-order valence-corrected chi connectivity index (χ2v) is 4.31. The van der Waals surface area contributed by atoms with Crippen LogP contribution in [0.3, 0.4) is 0 Å². The van der Waals surface area contributed by atoms with Crippen molar-refractivity contribution in [1.82, 2.24) is 0 Å². The fraction of sp³-hybridized carbons (Fsp3) is 0.385. The average Bonchev–Trinajstić information content (AvgIpc) is 2.29. The third-order valence-corrected chi connectivity index (χ3v) is 2.23. The van der Waals surface area contributed by atoms with E-state index in [0.717, 1.165) is 0 Å². The van der Waals surface area contributed by atoms with E-state index in [1.807, 2.05) is 13.8 Å². The van der Waals surface area contributed by atoms with E-state index < -0.39 is 18.0 Å². The predicted octanol–water partition coefficient (Wildman–Crippen LogP) is 1.09. The number of ether oxygens (including phenoxy) is 1. The van der Waals surface area contributed by atoms with Crippen molar-refractivity contribution in [2.24, 2.45) is 11.7 Å². The molecule has 2 N–H and O–H groups in total. The van der Waals surface area contributed by atoms with Crippen molar-refractivity contribution < 1.29 is 14.3 Å². The van der Waals surface area contributed by atoms with Crippen LogP contribution in [-0.2, 0) is 9.53 Å². The number of hydrogen-bond donors (Lipinski definition) is 1. The molecule has 0 aromatic heterocycles. The quantitative estimate of drug-likeness (QED) is 0.499. The normalized spacial score (nSPS) is 11.6. The van der Waals surface area contributed by atoms with Gasteiger partial charge in [-0.05, 0) is 24.5 Å². The van der Waals surface area contributed by atoms with Gasteiger partial charge >= 0.3 is 41.5 Å². The monoisotopic (exact) mass is 259 g/mol. The van der Waals surface area contributed by atoms with Crippen LogP contribution in [0.4, 0.5) is 0 Å². The Bertz CT molecular complexity index is 392. The van der Waals surface area contributed by atoms with E-state index in [1.165, 1.54) is 0 Å². The molecule has 0 aliphatic carbocycles. The second-order valence-electron chi connectivity index (χ2n) is 4.31. The van der Waals surface area contributed by atoms with E-state index >= 15 is 0 Å². The Kier molecular flexibility index (Phi) is 8.11. The zero-order valence-corrected chi connectivity index (χ0v) is 10.1. The van der Waals surface area contributed by atoms with Crippen molar-refractivity contribution in [3.8, 4) is 0 Å². The van der Waals surface area contributed by atoms with E-state index in [1.54, 1.807) is 30.3 Å². The molecule has 0 radical (unpaired) electrons. The number of rotatable bonds is 4. The Hall–Kier alpha value is -0.680. The first-order valence-electron chi connectivity index (χ1n) is 5.57. The topological polar surface area (TPSA) is 69.4 Å². The maximum absolute atomic E-state index is 11.5. The summed E-state index contributed by atoms with van der Waals surface area (Å²) in [6.07, 6.45) is 0.501. The first-order chi connectivity index (χ1) is 8.00. The van der Waals surface area contributed by atoms with Crippen LogP contribution in [0.1, 0.15) is 30.6 Å². The molecule has 0 unspecified atom stereocenters. The van der Waals surface area contributed by atoms with Crippen molar-refractivity contribution in [3.05, 3.63) is 35.9 Å². The van der Waals surface area contributed by atoms with Gasteiger partial charge in [0.2, 0.25) is 0 Å². The van der Waals surface area contributed by atoms with Crippen LogP contribution < -0.4 is 5.73 Å². The fourth-order valence-electron chi connectivity index (χ4n) is 1.40. The first-order valence-corrected chi connectivity index (χ1v) is 5.57. The van der Waals surface area contributed by atoms with E-state index in [4.69, 9.17) is 10.5 Å². The van der Waals surface area contributed by atoms with Gasteiger partial charge in [-0.15, -0.1) is 0 Å². The third-order valence-electron chi connectivity index (χ3n) is 2.23. The van der Waals surface area contributed by atoms with Crippen molar-refractivity contribution in [3.63, 3.8) is 0 Å². The van der Waals surface area contributed by atoms with E-state index in [9.17, 15) is 9.59 Å². The first kappa shape index (κ1) is 17.3. The van der Waals surface area contributed by atoms with Gasteiger partial charge in [-0.1, -0.05) is 32.0 Å².